The van der Waals surface area contributed by atoms with Crippen LogP contribution in [0.3, 0.4) is 0 Å². The van der Waals surface area contributed by atoms with E-state index in [0.717, 1.165) is 44.2 Å². The van der Waals surface area contributed by atoms with Gasteiger partial charge in [-0.3, -0.25) is 14.5 Å². The smallest absolute Gasteiger partial charge is 0.317 e. The molecule has 1 aromatic heterocycles. The van der Waals surface area contributed by atoms with Gasteiger partial charge in [-0.05, 0) is 75.9 Å². The molecule has 1 saturated heterocycles. The van der Waals surface area contributed by atoms with E-state index in [1.54, 1.807) is 24.3 Å². The van der Waals surface area contributed by atoms with E-state index in [-0.39, 0.29) is 30.5 Å². The molecule has 0 spiro atoms. The molecule has 1 aromatic carbocycles. The molecule has 10 heteroatoms. The summed E-state index contributed by atoms with van der Waals surface area (Å²) in [7, 11) is 0. The second-order valence-corrected chi connectivity index (χ2v) is 9.51. The third-order valence-corrected chi connectivity index (χ3v) is 6.97. The summed E-state index contributed by atoms with van der Waals surface area (Å²) in [6, 6.07) is 10.7. The van der Waals surface area contributed by atoms with Crippen molar-refractivity contribution < 1.29 is 19.4 Å². The van der Waals surface area contributed by atoms with E-state index in [9.17, 15) is 9.59 Å². The fourth-order valence-electron chi connectivity index (χ4n) is 4.70. The van der Waals surface area contributed by atoms with Crippen LogP contribution in [0.15, 0.2) is 30.3 Å². The quantitative estimate of drug-likeness (QED) is 0.595. The summed E-state index contributed by atoms with van der Waals surface area (Å²) in [5.41, 5.74) is 1.56. The summed E-state index contributed by atoms with van der Waals surface area (Å²) in [6.07, 6.45) is 4.87. The number of carbonyl (C=O) groups excluding carboxylic acids is 1. The van der Waals surface area contributed by atoms with Gasteiger partial charge in [0.15, 0.2) is 5.69 Å². The number of carboxylic acids is 1. The first kappa shape index (κ1) is 24.9. The van der Waals surface area contributed by atoms with Crippen LogP contribution in [0.5, 0.6) is 5.75 Å². The van der Waals surface area contributed by atoms with Gasteiger partial charge in [-0.1, -0.05) is 11.6 Å². The van der Waals surface area contributed by atoms with E-state index in [0.29, 0.717) is 35.1 Å². The molecule has 1 aliphatic heterocycles. The van der Waals surface area contributed by atoms with Crippen LogP contribution in [0, 0.1) is 11.3 Å². The van der Waals surface area contributed by atoms with Crippen molar-refractivity contribution in [3.63, 3.8) is 0 Å². The highest BCUT2D eigenvalue weighted by Gasteiger charge is 2.26. The number of aromatic nitrogens is 2. The SMILES string of the molecule is N#Cc1ccc(OC2CCC(NC(=O)c3ccc(C4CCN(CC(=O)O)CC4)nn3)CC2)cc1Cl. The van der Waals surface area contributed by atoms with Crippen molar-refractivity contribution in [2.75, 3.05) is 19.6 Å². The number of hydrogen-bond acceptors (Lipinski definition) is 7. The number of amides is 1. The summed E-state index contributed by atoms with van der Waals surface area (Å²) >= 11 is 6.08. The summed E-state index contributed by atoms with van der Waals surface area (Å²) in [5.74, 6) is -0.172. The molecule has 0 atom stereocenters. The number of likely N-dealkylation sites (tertiary alicyclic amines) is 1. The van der Waals surface area contributed by atoms with E-state index in [1.165, 1.54) is 0 Å². The van der Waals surface area contributed by atoms with Crippen LogP contribution in [0.4, 0.5) is 0 Å². The normalized spacial score (nSPS) is 21.1. The first-order valence-electron chi connectivity index (χ1n) is 11.9. The van der Waals surface area contributed by atoms with Gasteiger partial charge >= 0.3 is 5.97 Å². The van der Waals surface area contributed by atoms with Gasteiger partial charge in [0, 0.05) is 18.0 Å². The van der Waals surface area contributed by atoms with Gasteiger partial charge in [-0.25, -0.2) is 0 Å². The lowest BCUT2D eigenvalue weighted by Crippen LogP contribution is -2.40. The third-order valence-electron chi connectivity index (χ3n) is 6.66. The zero-order chi connectivity index (χ0) is 24.8. The Labute approximate surface area is 209 Å². The van der Waals surface area contributed by atoms with Crippen LogP contribution >= 0.6 is 11.6 Å². The van der Waals surface area contributed by atoms with Crippen molar-refractivity contribution >= 4 is 23.5 Å². The molecule has 2 N–H and O–H groups in total. The van der Waals surface area contributed by atoms with Crippen LogP contribution in [0.2, 0.25) is 5.02 Å². The number of rotatable bonds is 7. The lowest BCUT2D eigenvalue weighted by Gasteiger charge is -2.30. The predicted molar refractivity (Wildman–Crippen MR) is 128 cm³/mol. The van der Waals surface area contributed by atoms with E-state index >= 15 is 0 Å². The summed E-state index contributed by atoms with van der Waals surface area (Å²) in [4.78, 5) is 25.5. The van der Waals surface area contributed by atoms with Crippen LogP contribution in [0.1, 0.15) is 66.2 Å². The largest absolute Gasteiger partial charge is 0.490 e. The molecular weight excluding hydrogens is 470 g/mol. The minimum Gasteiger partial charge on any atom is -0.490 e. The van der Waals surface area contributed by atoms with Crippen LogP contribution < -0.4 is 10.1 Å². The average Bonchev–Trinajstić information content (AvgIpc) is 2.85. The number of carboxylic acid groups (broad SMARTS) is 1. The molecule has 184 valence electrons. The van der Waals surface area contributed by atoms with E-state index in [1.807, 2.05) is 17.0 Å². The number of benzene rings is 1. The van der Waals surface area contributed by atoms with Crippen molar-refractivity contribution in [3.05, 3.63) is 52.3 Å². The number of nitrogens with one attached hydrogen (secondary N) is 1. The van der Waals surface area contributed by atoms with E-state index in [2.05, 4.69) is 15.5 Å². The zero-order valence-corrected chi connectivity index (χ0v) is 20.1. The Morgan fingerprint density at radius 1 is 1.11 bits per heavy atom. The Bertz CT molecular complexity index is 1090. The molecule has 1 aliphatic carbocycles. The highest BCUT2D eigenvalue weighted by Crippen LogP contribution is 2.28. The number of aliphatic carboxylic acids is 1. The topological polar surface area (TPSA) is 128 Å². The second-order valence-electron chi connectivity index (χ2n) is 9.11. The maximum atomic E-state index is 12.7. The van der Waals surface area contributed by atoms with Gasteiger partial charge in [-0.2, -0.15) is 10.4 Å². The highest BCUT2D eigenvalue weighted by atomic mass is 35.5. The monoisotopic (exact) mass is 497 g/mol. The van der Waals surface area contributed by atoms with Crippen molar-refractivity contribution in [1.29, 1.82) is 5.26 Å². The first-order chi connectivity index (χ1) is 16.9. The van der Waals surface area contributed by atoms with Gasteiger partial charge in [0.05, 0.1) is 28.9 Å². The number of piperidine rings is 1. The van der Waals surface area contributed by atoms with Gasteiger partial charge < -0.3 is 15.2 Å². The fraction of sp³-hybridized carbons (Fsp3) is 0.480. The third kappa shape index (κ3) is 6.68. The second kappa shape index (κ2) is 11.5. The Balaban J connectivity index is 1.22. The standard InChI is InChI=1S/C25H28ClN5O4/c26-21-13-20(4-1-17(21)14-27)35-19-5-2-18(3-6-19)28-25(34)23-8-7-22(29-30-23)16-9-11-31(12-10-16)15-24(32)33/h1,4,7-8,13,16,18-19H,2-3,5-6,9-12,15H2,(H,28,34)(H,32,33). The maximum absolute atomic E-state index is 12.7. The zero-order valence-electron chi connectivity index (χ0n) is 19.3. The Hall–Kier alpha value is -3.22. The summed E-state index contributed by atoms with van der Waals surface area (Å²) in [6.45, 7) is 1.49. The molecule has 2 aromatic rings. The number of halogens is 1. The molecule has 2 heterocycles. The summed E-state index contributed by atoms with van der Waals surface area (Å²) < 4.78 is 6.01. The molecule has 2 fully saturated rings. The highest BCUT2D eigenvalue weighted by molar-refractivity contribution is 6.31. The average molecular weight is 498 g/mol. The van der Waals surface area contributed by atoms with E-state index in [4.69, 9.17) is 26.7 Å². The molecule has 1 saturated carbocycles. The Kier molecular flexibility index (Phi) is 8.16. The fourth-order valence-corrected chi connectivity index (χ4v) is 4.91. The molecule has 4 rings (SSSR count). The van der Waals surface area contributed by atoms with Crippen molar-refractivity contribution in [1.82, 2.24) is 20.4 Å². The van der Waals surface area contributed by atoms with Crippen LogP contribution in [0.25, 0.3) is 0 Å². The lowest BCUT2D eigenvalue weighted by atomic mass is 9.92. The predicted octanol–water partition coefficient (Wildman–Crippen LogP) is 3.39. The van der Waals surface area contributed by atoms with E-state index < -0.39 is 5.97 Å². The van der Waals surface area contributed by atoms with Crippen molar-refractivity contribution in [2.45, 2.75) is 56.6 Å². The molecule has 2 aliphatic rings. The van der Waals surface area contributed by atoms with Gasteiger partial charge in [0.1, 0.15) is 11.8 Å². The molecular formula is C25H28ClN5O4. The maximum Gasteiger partial charge on any atom is 0.317 e. The van der Waals surface area contributed by atoms with Gasteiger partial charge in [0.2, 0.25) is 0 Å². The molecule has 0 bridgehead atoms. The minimum atomic E-state index is -0.809. The molecule has 9 nitrogen and oxygen atoms in total. The molecule has 0 unspecified atom stereocenters. The Morgan fingerprint density at radius 3 is 2.46 bits per heavy atom. The lowest BCUT2D eigenvalue weighted by molar-refractivity contribution is -0.138. The first-order valence-corrected chi connectivity index (χ1v) is 12.2. The van der Waals surface area contributed by atoms with Gasteiger partial charge in [-0.15, -0.1) is 5.10 Å². The Morgan fingerprint density at radius 2 is 1.86 bits per heavy atom. The van der Waals surface area contributed by atoms with Crippen LogP contribution in [-0.4, -0.2) is 63.9 Å². The number of nitriles is 1. The van der Waals surface area contributed by atoms with Crippen molar-refractivity contribution in [2.24, 2.45) is 0 Å². The number of hydrogen-bond donors (Lipinski definition) is 2. The molecule has 35 heavy (non-hydrogen) atoms. The minimum absolute atomic E-state index is 0.0353. The molecule has 0 radical (unpaired) electrons. The summed E-state index contributed by atoms with van der Waals surface area (Å²) in [5, 5.41) is 29.8. The van der Waals surface area contributed by atoms with Crippen LogP contribution in [-0.2, 0) is 4.79 Å². The number of ether oxygens (including phenoxy) is 1. The van der Waals surface area contributed by atoms with Crippen molar-refractivity contribution in [3.8, 4) is 11.8 Å². The van der Waals surface area contributed by atoms with Gasteiger partial charge in [0.25, 0.3) is 5.91 Å². The number of nitrogens with zero attached hydrogens (tertiary/aromatic N) is 4. The molecule has 1 amide bonds. The number of carbonyl (C=O) groups is 2.